The molecule has 1 aromatic carbocycles. The van der Waals surface area contributed by atoms with Gasteiger partial charge in [0.15, 0.2) is 0 Å². The zero-order valence-electron chi connectivity index (χ0n) is 12.8. The molecule has 0 aliphatic carbocycles. The summed E-state index contributed by atoms with van der Waals surface area (Å²) < 4.78 is 0. The van der Waals surface area contributed by atoms with Crippen LogP contribution in [0.5, 0.6) is 0 Å². The molecule has 2 aromatic heterocycles. The average molecular weight is 295 g/mol. The molecule has 22 heavy (non-hydrogen) atoms. The zero-order valence-corrected chi connectivity index (χ0v) is 12.8. The third-order valence-electron chi connectivity index (χ3n) is 3.36. The summed E-state index contributed by atoms with van der Waals surface area (Å²) in [6, 6.07) is 9.22. The molecule has 0 spiro atoms. The summed E-state index contributed by atoms with van der Waals surface area (Å²) in [7, 11) is 1.88. The Bertz CT molecular complexity index is 867. The first kappa shape index (κ1) is 14.2. The minimum absolute atomic E-state index is 0.129. The molecule has 112 valence electrons. The molecule has 1 N–H and O–H groups in total. The van der Waals surface area contributed by atoms with Gasteiger partial charge < -0.3 is 9.88 Å². The summed E-state index contributed by atoms with van der Waals surface area (Å²) in [4.78, 5) is 30.1. The third-order valence-corrected chi connectivity index (χ3v) is 3.36. The Morgan fingerprint density at radius 3 is 2.50 bits per heavy atom. The highest BCUT2D eigenvalue weighted by atomic mass is 16.1. The quantitative estimate of drug-likeness (QED) is 0.799. The van der Waals surface area contributed by atoms with Gasteiger partial charge in [-0.3, -0.25) is 4.79 Å². The number of aromatic amines is 1. The third kappa shape index (κ3) is 2.81. The van der Waals surface area contributed by atoms with Crippen molar-refractivity contribution >= 4 is 16.9 Å². The molecule has 0 saturated heterocycles. The second-order valence-corrected chi connectivity index (χ2v) is 5.34. The van der Waals surface area contributed by atoms with Crippen LogP contribution in [0.2, 0.25) is 0 Å². The van der Waals surface area contributed by atoms with Crippen molar-refractivity contribution in [1.29, 1.82) is 0 Å². The number of para-hydroxylation sites is 1. The molecule has 0 aliphatic heterocycles. The molecule has 0 unspecified atom stereocenters. The molecule has 0 saturated carbocycles. The number of nitrogens with one attached hydrogen (secondary N) is 1. The van der Waals surface area contributed by atoms with Gasteiger partial charge in [0.2, 0.25) is 5.95 Å². The summed E-state index contributed by atoms with van der Waals surface area (Å²) in [5, 5.41) is 0.594. The van der Waals surface area contributed by atoms with Gasteiger partial charge in [0.05, 0.1) is 17.4 Å². The molecule has 0 bridgehead atoms. The lowest BCUT2D eigenvalue weighted by Gasteiger charge is -2.17. The lowest BCUT2D eigenvalue weighted by molar-refractivity contribution is 0.800. The minimum atomic E-state index is -0.129. The molecular formula is C16H17N5O. The van der Waals surface area contributed by atoms with Gasteiger partial charge in [0.25, 0.3) is 5.56 Å². The second kappa shape index (κ2) is 5.55. The van der Waals surface area contributed by atoms with Gasteiger partial charge in [-0.2, -0.15) is 0 Å². The average Bonchev–Trinajstić information content (AvgIpc) is 2.46. The van der Waals surface area contributed by atoms with Gasteiger partial charge in [-0.25, -0.2) is 15.0 Å². The van der Waals surface area contributed by atoms with Gasteiger partial charge in [0.1, 0.15) is 5.82 Å². The summed E-state index contributed by atoms with van der Waals surface area (Å²) in [6.45, 7) is 4.30. The molecular weight excluding hydrogens is 278 g/mol. The van der Waals surface area contributed by atoms with E-state index in [-0.39, 0.29) is 5.56 Å². The van der Waals surface area contributed by atoms with E-state index in [4.69, 9.17) is 0 Å². The number of hydrogen-bond donors (Lipinski definition) is 1. The van der Waals surface area contributed by atoms with Crippen LogP contribution in [-0.2, 0) is 6.54 Å². The predicted octanol–water partition coefficient (Wildman–Crippen LogP) is 1.97. The lowest BCUT2D eigenvalue weighted by atomic mass is 10.2. The number of aryl methyl sites for hydroxylation is 2. The predicted molar refractivity (Wildman–Crippen MR) is 86.0 cm³/mol. The largest absolute Gasteiger partial charge is 0.336 e. The number of rotatable bonds is 3. The maximum atomic E-state index is 12.1. The normalized spacial score (nSPS) is 10.9. The first-order valence-corrected chi connectivity index (χ1v) is 7.04. The smallest absolute Gasteiger partial charge is 0.258 e. The van der Waals surface area contributed by atoms with E-state index < -0.39 is 0 Å². The van der Waals surface area contributed by atoms with Crippen LogP contribution in [0.1, 0.15) is 17.2 Å². The van der Waals surface area contributed by atoms with Crippen molar-refractivity contribution in [3.05, 3.63) is 57.9 Å². The monoisotopic (exact) mass is 295 g/mol. The maximum absolute atomic E-state index is 12.1. The van der Waals surface area contributed by atoms with Crippen molar-refractivity contribution in [2.45, 2.75) is 20.4 Å². The van der Waals surface area contributed by atoms with E-state index in [1.807, 2.05) is 50.1 Å². The molecule has 2 heterocycles. The van der Waals surface area contributed by atoms with E-state index in [1.165, 1.54) is 0 Å². The number of anilines is 1. The summed E-state index contributed by atoms with van der Waals surface area (Å²) in [5.74, 6) is 1.21. The van der Waals surface area contributed by atoms with Crippen LogP contribution in [0.4, 0.5) is 5.95 Å². The molecule has 6 nitrogen and oxygen atoms in total. The van der Waals surface area contributed by atoms with Crippen LogP contribution in [0, 0.1) is 13.8 Å². The van der Waals surface area contributed by atoms with Crippen molar-refractivity contribution in [2.75, 3.05) is 11.9 Å². The Morgan fingerprint density at radius 2 is 1.77 bits per heavy atom. The van der Waals surface area contributed by atoms with Crippen molar-refractivity contribution < 1.29 is 0 Å². The van der Waals surface area contributed by atoms with Crippen molar-refractivity contribution in [3.8, 4) is 0 Å². The van der Waals surface area contributed by atoms with E-state index in [1.54, 1.807) is 6.07 Å². The minimum Gasteiger partial charge on any atom is -0.336 e. The van der Waals surface area contributed by atoms with Crippen LogP contribution >= 0.6 is 0 Å². The van der Waals surface area contributed by atoms with Gasteiger partial charge in [-0.15, -0.1) is 0 Å². The number of fused-ring (bicyclic) bond motifs is 1. The molecule has 6 heteroatoms. The van der Waals surface area contributed by atoms with E-state index >= 15 is 0 Å². The molecule has 3 aromatic rings. The highest BCUT2D eigenvalue weighted by Crippen LogP contribution is 2.11. The van der Waals surface area contributed by atoms with Crippen molar-refractivity contribution in [3.63, 3.8) is 0 Å². The van der Waals surface area contributed by atoms with Crippen LogP contribution in [-0.4, -0.2) is 27.0 Å². The van der Waals surface area contributed by atoms with Crippen LogP contribution < -0.4 is 10.5 Å². The zero-order chi connectivity index (χ0) is 15.7. The molecule has 0 fully saturated rings. The Balaban J connectivity index is 1.94. The Kier molecular flexibility index (Phi) is 3.58. The van der Waals surface area contributed by atoms with E-state index in [0.29, 0.717) is 29.2 Å². The molecule has 0 radical (unpaired) electrons. The molecule has 3 rings (SSSR count). The SMILES string of the molecule is Cc1cc(C)nc(N(C)Cc2nc3ccccc3c(=O)[nH]2)n1. The van der Waals surface area contributed by atoms with Gasteiger partial charge in [0, 0.05) is 18.4 Å². The fourth-order valence-electron chi connectivity index (χ4n) is 2.38. The number of hydrogen-bond acceptors (Lipinski definition) is 5. The summed E-state index contributed by atoms with van der Waals surface area (Å²) in [5.41, 5.74) is 2.38. The molecule has 0 aliphatic rings. The van der Waals surface area contributed by atoms with Crippen LogP contribution in [0.15, 0.2) is 35.1 Å². The first-order chi connectivity index (χ1) is 10.5. The summed E-state index contributed by atoms with van der Waals surface area (Å²) in [6.07, 6.45) is 0. The molecule has 0 amide bonds. The maximum Gasteiger partial charge on any atom is 0.258 e. The number of H-pyrrole nitrogens is 1. The fourth-order valence-corrected chi connectivity index (χ4v) is 2.38. The number of nitrogens with zero attached hydrogens (tertiary/aromatic N) is 4. The highest BCUT2D eigenvalue weighted by Gasteiger charge is 2.10. The van der Waals surface area contributed by atoms with Gasteiger partial charge in [-0.05, 0) is 32.0 Å². The Morgan fingerprint density at radius 1 is 1.09 bits per heavy atom. The van der Waals surface area contributed by atoms with Crippen molar-refractivity contribution in [2.24, 2.45) is 0 Å². The van der Waals surface area contributed by atoms with Gasteiger partial charge in [-0.1, -0.05) is 12.1 Å². The van der Waals surface area contributed by atoms with Gasteiger partial charge >= 0.3 is 0 Å². The second-order valence-electron chi connectivity index (χ2n) is 5.34. The van der Waals surface area contributed by atoms with Crippen LogP contribution in [0.3, 0.4) is 0 Å². The number of aromatic nitrogens is 4. The van der Waals surface area contributed by atoms with E-state index in [0.717, 1.165) is 11.4 Å². The van der Waals surface area contributed by atoms with Crippen LogP contribution in [0.25, 0.3) is 10.9 Å². The number of benzene rings is 1. The lowest BCUT2D eigenvalue weighted by Crippen LogP contribution is -2.23. The summed E-state index contributed by atoms with van der Waals surface area (Å²) >= 11 is 0. The Labute approximate surface area is 127 Å². The standard InChI is InChI=1S/C16H17N5O/c1-10-8-11(2)18-16(17-10)21(3)9-14-19-13-7-5-4-6-12(13)15(22)20-14/h4-8H,9H2,1-3H3,(H,19,20,22). The topological polar surface area (TPSA) is 74.8 Å². The van der Waals surface area contributed by atoms with E-state index in [9.17, 15) is 4.79 Å². The molecule has 0 atom stereocenters. The highest BCUT2D eigenvalue weighted by molar-refractivity contribution is 5.77. The fraction of sp³-hybridized carbons (Fsp3) is 0.250. The van der Waals surface area contributed by atoms with Crippen molar-refractivity contribution in [1.82, 2.24) is 19.9 Å². The first-order valence-electron chi connectivity index (χ1n) is 7.04. The van der Waals surface area contributed by atoms with E-state index in [2.05, 4.69) is 19.9 Å². The Hall–Kier alpha value is -2.76.